The maximum absolute atomic E-state index is 12.2. The van der Waals surface area contributed by atoms with E-state index in [4.69, 9.17) is 4.74 Å². The van der Waals surface area contributed by atoms with Gasteiger partial charge in [0, 0.05) is 23.1 Å². The zero-order chi connectivity index (χ0) is 21.5. The molecular formula is C22H21N3O5. The minimum atomic E-state index is -0.811. The van der Waals surface area contributed by atoms with Crippen molar-refractivity contribution in [1.29, 1.82) is 0 Å². The number of nitrogens with zero attached hydrogens (tertiary/aromatic N) is 1. The molecule has 3 aromatic carbocycles. The van der Waals surface area contributed by atoms with Crippen molar-refractivity contribution in [3.8, 4) is 5.75 Å². The number of ether oxygens (including phenoxy) is 1. The molecule has 2 N–H and O–H groups in total. The van der Waals surface area contributed by atoms with Gasteiger partial charge in [-0.15, -0.1) is 0 Å². The fourth-order valence-electron chi connectivity index (χ4n) is 2.92. The Kier molecular flexibility index (Phi) is 6.59. The SMILES string of the molecule is CC(NC(=O)c1cccc([N+](=O)[O-])c1)C(=O)NCCOc1cccc2ccccc12. The van der Waals surface area contributed by atoms with Gasteiger partial charge in [0.2, 0.25) is 5.91 Å². The molecule has 30 heavy (non-hydrogen) atoms. The van der Waals surface area contributed by atoms with Crippen molar-refractivity contribution in [2.75, 3.05) is 13.2 Å². The van der Waals surface area contributed by atoms with Crippen LogP contribution in [0.3, 0.4) is 0 Å². The number of hydrogen-bond acceptors (Lipinski definition) is 5. The molecule has 8 heteroatoms. The summed E-state index contributed by atoms with van der Waals surface area (Å²) in [7, 11) is 0. The Balaban J connectivity index is 1.48. The number of rotatable bonds is 8. The first-order valence-electron chi connectivity index (χ1n) is 9.39. The number of carbonyl (C=O) groups excluding carboxylic acids is 2. The maximum atomic E-state index is 12.2. The van der Waals surface area contributed by atoms with E-state index in [9.17, 15) is 19.7 Å². The fourth-order valence-corrected chi connectivity index (χ4v) is 2.92. The predicted octanol–water partition coefficient (Wildman–Crippen LogP) is 3.06. The third-order valence-electron chi connectivity index (χ3n) is 4.47. The second-order valence-electron chi connectivity index (χ2n) is 6.62. The van der Waals surface area contributed by atoms with Crippen molar-refractivity contribution in [2.45, 2.75) is 13.0 Å². The van der Waals surface area contributed by atoms with Gasteiger partial charge in [-0.05, 0) is 24.4 Å². The van der Waals surface area contributed by atoms with E-state index in [0.717, 1.165) is 22.6 Å². The lowest BCUT2D eigenvalue weighted by Crippen LogP contribution is -2.45. The summed E-state index contributed by atoms with van der Waals surface area (Å²) in [5.41, 5.74) is -0.0755. The number of carbonyl (C=O) groups is 2. The summed E-state index contributed by atoms with van der Waals surface area (Å²) < 4.78 is 5.77. The minimum absolute atomic E-state index is 0.114. The smallest absolute Gasteiger partial charge is 0.270 e. The van der Waals surface area contributed by atoms with Gasteiger partial charge in [-0.25, -0.2) is 0 Å². The number of hydrogen-bond donors (Lipinski definition) is 2. The van der Waals surface area contributed by atoms with Crippen LogP contribution in [0.25, 0.3) is 10.8 Å². The number of nitro benzene ring substituents is 1. The van der Waals surface area contributed by atoms with Gasteiger partial charge in [-0.3, -0.25) is 19.7 Å². The zero-order valence-electron chi connectivity index (χ0n) is 16.3. The number of benzene rings is 3. The lowest BCUT2D eigenvalue weighted by Gasteiger charge is -2.15. The van der Waals surface area contributed by atoms with E-state index >= 15 is 0 Å². The maximum Gasteiger partial charge on any atom is 0.270 e. The first-order chi connectivity index (χ1) is 14.5. The Bertz CT molecular complexity index is 1080. The van der Waals surface area contributed by atoms with Crippen molar-refractivity contribution >= 4 is 28.3 Å². The summed E-state index contributed by atoms with van der Waals surface area (Å²) in [6.07, 6.45) is 0. The molecule has 0 aliphatic heterocycles. The molecule has 0 heterocycles. The van der Waals surface area contributed by atoms with Crippen LogP contribution in [0.2, 0.25) is 0 Å². The van der Waals surface area contributed by atoms with E-state index in [2.05, 4.69) is 10.6 Å². The molecular weight excluding hydrogens is 386 g/mol. The summed E-state index contributed by atoms with van der Waals surface area (Å²) in [5.74, 6) is -0.210. The molecule has 1 atom stereocenters. The number of non-ortho nitro benzene ring substituents is 1. The third kappa shape index (κ3) is 5.11. The second kappa shape index (κ2) is 9.51. The monoisotopic (exact) mass is 407 g/mol. The van der Waals surface area contributed by atoms with Crippen LogP contribution in [-0.2, 0) is 4.79 Å². The molecule has 0 aliphatic rings. The fraction of sp³-hybridized carbons (Fsp3) is 0.182. The minimum Gasteiger partial charge on any atom is -0.491 e. The zero-order valence-corrected chi connectivity index (χ0v) is 16.3. The summed E-state index contributed by atoms with van der Waals surface area (Å²) >= 11 is 0. The van der Waals surface area contributed by atoms with Gasteiger partial charge in [0.1, 0.15) is 18.4 Å². The lowest BCUT2D eigenvalue weighted by molar-refractivity contribution is -0.384. The van der Waals surface area contributed by atoms with Crippen molar-refractivity contribution in [1.82, 2.24) is 10.6 Å². The van der Waals surface area contributed by atoms with Crippen molar-refractivity contribution in [3.63, 3.8) is 0 Å². The number of fused-ring (bicyclic) bond motifs is 1. The van der Waals surface area contributed by atoms with Gasteiger partial charge in [0.05, 0.1) is 11.5 Å². The van der Waals surface area contributed by atoms with Crippen LogP contribution in [0, 0.1) is 10.1 Å². The van der Waals surface area contributed by atoms with Gasteiger partial charge < -0.3 is 15.4 Å². The molecule has 154 valence electrons. The van der Waals surface area contributed by atoms with Crippen LogP contribution in [0.5, 0.6) is 5.75 Å². The van der Waals surface area contributed by atoms with Crippen molar-refractivity contribution < 1.29 is 19.2 Å². The van der Waals surface area contributed by atoms with Crippen LogP contribution in [-0.4, -0.2) is 35.9 Å². The molecule has 0 saturated heterocycles. The molecule has 0 radical (unpaired) electrons. The molecule has 3 rings (SSSR count). The Morgan fingerprint density at radius 3 is 2.60 bits per heavy atom. The van der Waals surface area contributed by atoms with E-state index in [-0.39, 0.29) is 30.3 Å². The molecule has 0 saturated carbocycles. The van der Waals surface area contributed by atoms with E-state index in [1.54, 1.807) is 0 Å². The van der Waals surface area contributed by atoms with Gasteiger partial charge >= 0.3 is 0 Å². The van der Waals surface area contributed by atoms with E-state index < -0.39 is 16.9 Å². The van der Waals surface area contributed by atoms with Gasteiger partial charge in [0.25, 0.3) is 11.6 Å². The average Bonchev–Trinajstić information content (AvgIpc) is 2.76. The number of amides is 2. The molecule has 0 aromatic heterocycles. The topological polar surface area (TPSA) is 111 Å². The van der Waals surface area contributed by atoms with E-state index in [1.165, 1.54) is 25.1 Å². The molecule has 0 aliphatic carbocycles. The van der Waals surface area contributed by atoms with E-state index in [0.29, 0.717) is 0 Å². The van der Waals surface area contributed by atoms with Gasteiger partial charge in [-0.1, -0.05) is 42.5 Å². The van der Waals surface area contributed by atoms with Crippen LogP contribution in [0.15, 0.2) is 66.7 Å². The highest BCUT2D eigenvalue weighted by atomic mass is 16.6. The lowest BCUT2D eigenvalue weighted by atomic mass is 10.1. The van der Waals surface area contributed by atoms with Crippen LogP contribution >= 0.6 is 0 Å². The number of nitro groups is 1. The molecule has 3 aromatic rings. The molecule has 0 bridgehead atoms. The predicted molar refractivity (Wildman–Crippen MR) is 112 cm³/mol. The van der Waals surface area contributed by atoms with Crippen LogP contribution in [0.4, 0.5) is 5.69 Å². The highest BCUT2D eigenvalue weighted by molar-refractivity contribution is 5.97. The Labute approximate surface area is 173 Å². The first-order valence-corrected chi connectivity index (χ1v) is 9.39. The summed E-state index contributed by atoms with van der Waals surface area (Å²) in [4.78, 5) is 34.7. The number of nitrogens with one attached hydrogen (secondary N) is 2. The molecule has 1 unspecified atom stereocenters. The van der Waals surface area contributed by atoms with Gasteiger partial charge in [-0.2, -0.15) is 0 Å². The first kappa shape index (κ1) is 20.8. The van der Waals surface area contributed by atoms with Crippen LogP contribution in [0.1, 0.15) is 17.3 Å². The van der Waals surface area contributed by atoms with Crippen LogP contribution < -0.4 is 15.4 Å². The highest BCUT2D eigenvalue weighted by Gasteiger charge is 2.18. The molecule has 0 spiro atoms. The summed E-state index contributed by atoms with van der Waals surface area (Å²) in [6.45, 7) is 2.07. The Morgan fingerprint density at radius 1 is 1.07 bits per heavy atom. The van der Waals surface area contributed by atoms with Crippen molar-refractivity contribution in [3.05, 3.63) is 82.4 Å². The molecule has 2 amide bonds. The summed E-state index contributed by atoms with van der Waals surface area (Å²) in [5, 5.41) is 18.1. The third-order valence-corrected chi connectivity index (χ3v) is 4.47. The normalized spacial score (nSPS) is 11.5. The second-order valence-corrected chi connectivity index (χ2v) is 6.62. The molecule has 0 fully saturated rings. The summed E-state index contributed by atoms with van der Waals surface area (Å²) in [6, 6.07) is 18.1. The quantitative estimate of drug-likeness (QED) is 0.339. The van der Waals surface area contributed by atoms with Gasteiger partial charge in [0.15, 0.2) is 0 Å². The Hall–Kier alpha value is -3.94. The molecule has 8 nitrogen and oxygen atoms in total. The highest BCUT2D eigenvalue weighted by Crippen LogP contribution is 2.24. The largest absolute Gasteiger partial charge is 0.491 e. The average molecular weight is 407 g/mol. The Morgan fingerprint density at radius 2 is 1.80 bits per heavy atom. The van der Waals surface area contributed by atoms with Crippen molar-refractivity contribution in [2.24, 2.45) is 0 Å². The van der Waals surface area contributed by atoms with E-state index in [1.807, 2.05) is 42.5 Å². The standard InChI is InChI=1S/C22H21N3O5/c1-15(24-22(27)17-8-4-9-18(14-17)25(28)29)21(26)23-12-13-30-20-11-5-7-16-6-2-3-10-19(16)20/h2-11,14-15H,12-13H2,1H3,(H,23,26)(H,24,27).